The zero-order valence-corrected chi connectivity index (χ0v) is 19.8. The summed E-state index contributed by atoms with van der Waals surface area (Å²) in [5.41, 5.74) is 5.77. The Kier molecular flexibility index (Phi) is 6.54. The molecule has 0 spiro atoms. The molecule has 2 heterocycles. The molecule has 0 radical (unpaired) electrons. The van der Waals surface area contributed by atoms with Gasteiger partial charge in [-0.15, -0.1) is 0 Å². The smallest absolute Gasteiger partial charge is 0.255 e. The second-order valence-electron chi connectivity index (χ2n) is 8.45. The molecule has 1 aliphatic rings. The van der Waals surface area contributed by atoms with Crippen LogP contribution in [-0.2, 0) is 4.79 Å². The number of ether oxygens (including phenoxy) is 1. The van der Waals surface area contributed by atoms with Crippen molar-refractivity contribution >= 4 is 11.8 Å². The van der Waals surface area contributed by atoms with Gasteiger partial charge in [0.1, 0.15) is 5.75 Å². The molecular formula is C27H31N3O3. The Labute approximate surface area is 195 Å². The Hall–Kier alpha value is -3.54. The Morgan fingerprint density at radius 3 is 2.06 bits per heavy atom. The van der Waals surface area contributed by atoms with Gasteiger partial charge < -0.3 is 19.1 Å². The minimum absolute atomic E-state index is 0.0109. The first-order valence-corrected chi connectivity index (χ1v) is 11.4. The number of piperazine rings is 1. The molecule has 0 unspecified atom stereocenters. The first kappa shape index (κ1) is 22.6. The standard InChI is InChI=1S/C27H31N3O3/c1-5-26(31)28-14-16-29(17-15-28)27(32)24-18-25(21-8-12-23(33-4)13-9-21)30(20(24)3)22-10-6-19(2)7-11-22/h6-13,18H,5,14-17H2,1-4H3. The van der Waals surface area contributed by atoms with Gasteiger partial charge in [0.15, 0.2) is 0 Å². The Balaban J connectivity index is 1.71. The van der Waals surface area contributed by atoms with Crippen LogP contribution in [0.25, 0.3) is 16.9 Å². The van der Waals surface area contributed by atoms with Crippen molar-refractivity contribution in [2.24, 2.45) is 0 Å². The highest BCUT2D eigenvalue weighted by atomic mass is 16.5. The fraction of sp³-hybridized carbons (Fsp3) is 0.333. The summed E-state index contributed by atoms with van der Waals surface area (Å²) in [4.78, 5) is 29.3. The fourth-order valence-corrected chi connectivity index (χ4v) is 4.38. The van der Waals surface area contributed by atoms with Gasteiger partial charge in [0.05, 0.1) is 18.4 Å². The van der Waals surface area contributed by atoms with Crippen molar-refractivity contribution in [1.29, 1.82) is 0 Å². The lowest BCUT2D eigenvalue weighted by molar-refractivity contribution is -0.132. The van der Waals surface area contributed by atoms with Crippen molar-refractivity contribution in [3.8, 4) is 22.7 Å². The molecule has 1 fully saturated rings. The number of nitrogens with zero attached hydrogens (tertiary/aromatic N) is 3. The van der Waals surface area contributed by atoms with Gasteiger partial charge in [-0.25, -0.2) is 0 Å². The van der Waals surface area contributed by atoms with E-state index >= 15 is 0 Å². The number of hydrogen-bond donors (Lipinski definition) is 0. The molecule has 0 atom stereocenters. The minimum atomic E-state index is 0.0109. The molecule has 6 heteroatoms. The summed E-state index contributed by atoms with van der Waals surface area (Å²) in [7, 11) is 1.65. The Morgan fingerprint density at radius 2 is 1.48 bits per heavy atom. The van der Waals surface area contributed by atoms with Gasteiger partial charge in [0, 0.05) is 44.0 Å². The van der Waals surface area contributed by atoms with E-state index in [1.807, 2.05) is 54.0 Å². The number of aromatic nitrogens is 1. The molecule has 2 aromatic carbocycles. The molecule has 0 N–H and O–H groups in total. The summed E-state index contributed by atoms with van der Waals surface area (Å²) in [6.45, 7) is 8.21. The molecule has 4 rings (SSSR count). The quantitative estimate of drug-likeness (QED) is 0.583. The van der Waals surface area contributed by atoms with E-state index in [2.05, 4.69) is 35.8 Å². The third-order valence-corrected chi connectivity index (χ3v) is 6.38. The van der Waals surface area contributed by atoms with Crippen molar-refractivity contribution in [2.75, 3.05) is 33.3 Å². The normalized spacial score (nSPS) is 13.8. The Morgan fingerprint density at radius 1 is 0.879 bits per heavy atom. The molecule has 33 heavy (non-hydrogen) atoms. The highest BCUT2D eigenvalue weighted by Gasteiger charge is 2.27. The average molecular weight is 446 g/mol. The van der Waals surface area contributed by atoms with E-state index in [1.54, 1.807) is 7.11 Å². The van der Waals surface area contributed by atoms with Crippen LogP contribution in [0, 0.1) is 13.8 Å². The number of benzene rings is 2. The fourth-order valence-electron chi connectivity index (χ4n) is 4.38. The zero-order chi connectivity index (χ0) is 23.5. The summed E-state index contributed by atoms with van der Waals surface area (Å²) in [6.07, 6.45) is 0.498. The molecule has 1 aliphatic heterocycles. The van der Waals surface area contributed by atoms with Crippen LogP contribution in [-0.4, -0.2) is 59.5 Å². The van der Waals surface area contributed by atoms with Crippen molar-refractivity contribution in [3.63, 3.8) is 0 Å². The van der Waals surface area contributed by atoms with Crippen molar-refractivity contribution in [1.82, 2.24) is 14.4 Å². The number of aryl methyl sites for hydroxylation is 1. The van der Waals surface area contributed by atoms with Gasteiger partial charge in [-0.05, 0) is 61.9 Å². The molecule has 0 bridgehead atoms. The van der Waals surface area contributed by atoms with Crippen molar-refractivity contribution in [3.05, 3.63) is 71.4 Å². The zero-order valence-electron chi connectivity index (χ0n) is 19.8. The van der Waals surface area contributed by atoms with Gasteiger partial charge >= 0.3 is 0 Å². The first-order chi connectivity index (χ1) is 15.9. The van der Waals surface area contributed by atoms with E-state index in [0.717, 1.165) is 28.4 Å². The van der Waals surface area contributed by atoms with E-state index < -0.39 is 0 Å². The minimum Gasteiger partial charge on any atom is -0.497 e. The number of methoxy groups -OCH3 is 1. The molecule has 0 saturated carbocycles. The van der Waals surface area contributed by atoms with Crippen molar-refractivity contribution in [2.45, 2.75) is 27.2 Å². The van der Waals surface area contributed by atoms with Crippen LogP contribution in [0.4, 0.5) is 0 Å². The second kappa shape index (κ2) is 9.53. The van der Waals surface area contributed by atoms with Crippen LogP contribution in [0.2, 0.25) is 0 Å². The lowest BCUT2D eigenvalue weighted by Crippen LogP contribution is -2.50. The lowest BCUT2D eigenvalue weighted by atomic mass is 10.1. The summed E-state index contributed by atoms with van der Waals surface area (Å²) in [5.74, 6) is 0.946. The van der Waals surface area contributed by atoms with Crippen LogP contribution in [0.1, 0.15) is 35.0 Å². The van der Waals surface area contributed by atoms with Gasteiger partial charge in [0.25, 0.3) is 5.91 Å². The van der Waals surface area contributed by atoms with E-state index in [-0.39, 0.29) is 11.8 Å². The SMILES string of the molecule is CCC(=O)N1CCN(C(=O)c2cc(-c3ccc(OC)cc3)n(-c3ccc(C)cc3)c2C)CC1. The first-order valence-electron chi connectivity index (χ1n) is 11.4. The lowest BCUT2D eigenvalue weighted by Gasteiger charge is -2.34. The van der Waals surface area contributed by atoms with Crippen LogP contribution in [0.3, 0.4) is 0 Å². The maximum absolute atomic E-state index is 13.5. The Bertz CT molecular complexity index is 1140. The van der Waals surface area contributed by atoms with Gasteiger partial charge in [-0.1, -0.05) is 24.6 Å². The predicted molar refractivity (Wildman–Crippen MR) is 130 cm³/mol. The number of amides is 2. The van der Waals surface area contributed by atoms with E-state index in [0.29, 0.717) is 38.2 Å². The average Bonchev–Trinajstić information content (AvgIpc) is 3.20. The summed E-state index contributed by atoms with van der Waals surface area (Å²) in [5, 5.41) is 0. The maximum atomic E-state index is 13.5. The highest BCUT2D eigenvalue weighted by Crippen LogP contribution is 2.31. The third kappa shape index (κ3) is 4.51. The van der Waals surface area contributed by atoms with Gasteiger partial charge in [-0.3, -0.25) is 9.59 Å². The van der Waals surface area contributed by atoms with Crippen molar-refractivity contribution < 1.29 is 14.3 Å². The number of rotatable bonds is 5. The van der Waals surface area contributed by atoms with Crippen LogP contribution in [0.15, 0.2) is 54.6 Å². The maximum Gasteiger partial charge on any atom is 0.255 e. The number of hydrogen-bond acceptors (Lipinski definition) is 3. The highest BCUT2D eigenvalue weighted by molar-refractivity contribution is 5.97. The van der Waals surface area contributed by atoms with E-state index in [9.17, 15) is 9.59 Å². The van der Waals surface area contributed by atoms with E-state index in [4.69, 9.17) is 4.74 Å². The van der Waals surface area contributed by atoms with Gasteiger partial charge in [0.2, 0.25) is 5.91 Å². The molecule has 1 saturated heterocycles. The monoisotopic (exact) mass is 445 g/mol. The van der Waals surface area contributed by atoms with Crippen LogP contribution >= 0.6 is 0 Å². The largest absolute Gasteiger partial charge is 0.497 e. The number of carbonyl (C=O) groups is 2. The second-order valence-corrected chi connectivity index (χ2v) is 8.45. The molecule has 172 valence electrons. The summed E-state index contributed by atoms with van der Waals surface area (Å²) < 4.78 is 7.46. The third-order valence-electron chi connectivity index (χ3n) is 6.38. The molecule has 3 aromatic rings. The topological polar surface area (TPSA) is 54.8 Å². The summed E-state index contributed by atoms with van der Waals surface area (Å²) >= 11 is 0. The van der Waals surface area contributed by atoms with E-state index in [1.165, 1.54) is 5.56 Å². The van der Waals surface area contributed by atoms with Crippen LogP contribution < -0.4 is 4.74 Å². The predicted octanol–water partition coefficient (Wildman–Crippen LogP) is 4.46. The molecular weight excluding hydrogens is 414 g/mol. The number of carbonyl (C=O) groups excluding carboxylic acids is 2. The molecule has 0 aliphatic carbocycles. The summed E-state index contributed by atoms with van der Waals surface area (Å²) in [6, 6.07) is 18.2. The molecule has 6 nitrogen and oxygen atoms in total. The molecule has 2 amide bonds. The van der Waals surface area contributed by atoms with Crippen LogP contribution in [0.5, 0.6) is 5.75 Å². The van der Waals surface area contributed by atoms with Gasteiger partial charge in [-0.2, -0.15) is 0 Å². The molecule has 1 aromatic heterocycles.